The molecule has 220 valence electrons. The van der Waals surface area contributed by atoms with Crippen LogP contribution < -0.4 is 32.7 Å². The standard InChI is InChI=1S/C33H34N6O4/c34-26-6-1-3-8-28(26)38-32(42)24-14-10-22(11-15-24)20-30(40)36-18-5-19-37-31(41)21-23-12-16-25(17-13-23)33(43)39-29-9-4-2-7-27(29)35/h1-4,6-17H,5,18-21,34-35H2,(H,36,40)(H,37,41)(H,38,42)(H,39,43). The Balaban J connectivity index is 1.11. The second kappa shape index (κ2) is 14.8. The van der Waals surface area contributed by atoms with Crippen LogP contribution in [0.1, 0.15) is 38.3 Å². The molecule has 0 aromatic heterocycles. The lowest BCUT2D eigenvalue weighted by atomic mass is 10.1. The third kappa shape index (κ3) is 9.19. The molecule has 0 atom stereocenters. The van der Waals surface area contributed by atoms with Crippen LogP contribution in [0.5, 0.6) is 0 Å². The van der Waals surface area contributed by atoms with Gasteiger partial charge < -0.3 is 32.7 Å². The number of carbonyl (C=O) groups excluding carboxylic acids is 4. The van der Waals surface area contributed by atoms with Crippen molar-refractivity contribution in [1.29, 1.82) is 0 Å². The smallest absolute Gasteiger partial charge is 0.255 e. The van der Waals surface area contributed by atoms with Crippen LogP contribution in [0, 0.1) is 0 Å². The molecule has 0 saturated carbocycles. The monoisotopic (exact) mass is 578 g/mol. The van der Waals surface area contributed by atoms with Crippen molar-refractivity contribution in [3.8, 4) is 0 Å². The molecular formula is C33H34N6O4. The van der Waals surface area contributed by atoms with E-state index in [-0.39, 0.29) is 36.5 Å². The van der Waals surface area contributed by atoms with Gasteiger partial charge in [-0.25, -0.2) is 0 Å². The van der Waals surface area contributed by atoms with Gasteiger partial charge in [0.2, 0.25) is 11.8 Å². The van der Waals surface area contributed by atoms with Gasteiger partial charge in [0.15, 0.2) is 0 Å². The highest BCUT2D eigenvalue weighted by Crippen LogP contribution is 2.19. The van der Waals surface area contributed by atoms with Gasteiger partial charge in [0, 0.05) is 24.2 Å². The molecule has 10 nitrogen and oxygen atoms in total. The van der Waals surface area contributed by atoms with Gasteiger partial charge in [0.25, 0.3) is 11.8 Å². The van der Waals surface area contributed by atoms with Crippen molar-refractivity contribution >= 4 is 46.4 Å². The van der Waals surface area contributed by atoms with Crippen molar-refractivity contribution < 1.29 is 19.2 Å². The quantitative estimate of drug-likeness (QED) is 0.110. The van der Waals surface area contributed by atoms with Gasteiger partial charge in [-0.2, -0.15) is 0 Å². The van der Waals surface area contributed by atoms with E-state index in [4.69, 9.17) is 11.5 Å². The third-order valence-corrected chi connectivity index (χ3v) is 6.58. The summed E-state index contributed by atoms with van der Waals surface area (Å²) >= 11 is 0. The Morgan fingerprint density at radius 2 is 0.884 bits per heavy atom. The zero-order valence-electron chi connectivity index (χ0n) is 23.6. The number of benzene rings is 4. The fraction of sp³-hybridized carbons (Fsp3) is 0.152. The highest BCUT2D eigenvalue weighted by atomic mass is 16.2. The van der Waals surface area contributed by atoms with Crippen LogP contribution in [0.2, 0.25) is 0 Å². The Hall–Kier alpha value is -5.64. The molecule has 0 bridgehead atoms. The molecule has 0 aliphatic rings. The maximum Gasteiger partial charge on any atom is 0.255 e. The Kier molecular flexibility index (Phi) is 10.5. The predicted octanol–water partition coefficient (Wildman–Crippen LogP) is 3.76. The molecule has 0 heterocycles. The number of amides is 4. The van der Waals surface area contributed by atoms with E-state index >= 15 is 0 Å². The highest BCUT2D eigenvalue weighted by Gasteiger charge is 2.11. The number of carbonyl (C=O) groups is 4. The van der Waals surface area contributed by atoms with Crippen molar-refractivity contribution in [1.82, 2.24) is 10.6 Å². The summed E-state index contributed by atoms with van der Waals surface area (Å²) in [5, 5.41) is 11.2. The average molecular weight is 579 g/mol. The molecule has 43 heavy (non-hydrogen) atoms. The zero-order valence-corrected chi connectivity index (χ0v) is 23.6. The van der Waals surface area contributed by atoms with Gasteiger partial charge in [-0.3, -0.25) is 19.2 Å². The first-order valence-electron chi connectivity index (χ1n) is 13.8. The number of hydrogen-bond acceptors (Lipinski definition) is 6. The van der Waals surface area contributed by atoms with Gasteiger partial charge >= 0.3 is 0 Å². The molecule has 0 aliphatic carbocycles. The molecule has 0 radical (unpaired) electrons. The Labute approximate surface area is 249 Å². The molecule has 4 rings (SSSR count). The third-order valence-electron chi connectivity index (χ3n) is 6.58. The minimum atomic E-state index is -0.287. The van der Waals surface area contributed by atoms with Crippen molar-refractivity contribution in [2.45, 2.75) is 19.3 Å². The summed E-state index contributed by atoms with van der Waals surface area (Å²) in [6.45, 7) is 0.821. The number of nitrogens with one attached hydrogen (secondary N) is 4. The van der Waals surface area contributed by atoms with Crippen molar-refractivity contribution in [3.63, 3.8) is 0 Å². The van der Waals surface area contributed by atoms with Crippen molar-refractivity contribution in [2.75, 3.05) is 35.2 Å². The molecule has 4 aromatic rings. The lowest BCUT2D eigenvalue weighted by molar-refractivity contribution is -0.120. The Bertz CT molecular complexity index is 1470. The number of nitrogens with two attached hydrogens (primary N) is 2. The second-order valence-electron chi connectivity index (χ2n) is 9.88. The Morgan fingerprint density at radius 3 is 1.26 bits per heavy atom. The normalized spacial score (nSPS) is 10.4. The van der Waals surface area contributed by atoms with Gasteiger partial charge in [-0.15, -0.1) is 0 Å². The van der Waals surface area contributed by atoms with Gasteiger partial charge in [0.05, 0.1) is 35.6 Å². The minimum Gasteiger partial charge on any atom is -0.397 e. The first-order valence-corrected chi connectivity index (χ1v) is 13.8. The fourth-order valence-corrected chi connectivity index (χ4v) is 4.20. The summed E-state index contributed by atoms with van der Waals surface area (Å²) in [6.07, 6.45) is 0.917. The van der Waals surface area contributed by atoms with Crippen LogP contribution in [0.4, 0.5) is 22.7 Å². The van der Waals surface area contributed by atoms with E-state index in [2.05, 4.69) is 21.3 Å². The molecule has 10 heteroatoms. The number of para-hydroxylation sites is 4. The molecule has 0 fully saturated rings. The van der Waals surface area contributed by atoms with E-state index in [1.165, 1.54) is 0 Å². The van der Waals surface area contributed by atoms with Gasteiger partial charge in [-0.1, -0.05) is 48.5 Å². The molecule has 8 N–H and O–H groups in total. The largest absolute Gasteiger partial charge is 0.397 e. The fourth-order valence-electron chi connectivity index (χ4n) is 4.20. The Morgan fingerprint density at radius 1 is 0.512 bits per heavy atom. The summed E-state index contributed by atoms with van der Waals surface area (Å²) < 4.78 is 0. The molecule has 4 aromatic carbocycles. The van der Waals surface area contributed by atoms with Crippen LogP contribution in [-0.4, -0.2) is 36.7 Å². The summed E-state index contributed by atoms with van der Waals surface area (Å²) in [5.41, 5.74) is 16.2. The number of nitrogen functional groups attached to an aromatic ring is 2. The van der Waals surface area contributed by atoms with Crippen molar-refractivity contribution in [3.05, 3.63) is 119 Å². The summed E-state index contributed by atoms with van der Waals surface area (Å²) in [5.74, 6) is -0.880. The SMILES string of the molecule is Nc1ccccc1NC(=O)c1ccc(CC(=O)NCCCNC(=O)Cc2ccc(C(=O)Nc3ccccc3N)cc2)cc1. The van der Waals surface area contributed by atoms with E-state index in [0.29, 0.717) is 53.4 Å². The molecule has 0 saturated heterocycles. The molecular weight excluding hydrogens is 544 g/mol. The summed E-state index contributed by atoms with van der Waals surface area (Å²) in [6, 6.07) is 27.6. The van der Waals surface area contributed by atoms with Gasteiger partial charge in [-0.05, 0) is 66.1 Å². The number of hydrogen-bond donors (Lipinski definition) is 6. The molecule has 0 aliphatic heterocycles. The maximum absolute atomic E-state index is 12.5. The first-order chi connectivity index (χ1) is 20.8. The van der Waals surface area contributed by atoms with Gasteiger partial charge in [0.1, 0.15) is 0 Å². The van der Waals surface area contributed by atoms with Crippen LogP contribution in [0.15, 0.2) is 97.1 Å². The predicted molar refractivity (Wildman–Crippen MR) is 169 cm³/mol. The van der Waals surface area contributed by atoms with Crippen LogP contribution >= 0.6 is 0 Å². The van der Waals surface area contributed by atoms with Crippen LogP contribution in [-0.2, 0) is 22.4 Å². The molecule has 0 unspecified atom stereocenters. The summed E-state index contributed by atoms with van der Waals surface area (Å²) in [7, 11) is 0. The van der Waals surface area contributed by atoms with E-state index < -0.39 is 0 Å². The topological polar surface area (TPSA) is 168 Å². The lowest BCUT2D eigenvalue weighted by Crippen LogP contribution is -2.31. The first kappa shape index (κ1) is 30.3. The van der Waals surface area contributed by atoms with E-state index in [9.17, 15) is 19.2 Å². The molecule has 0 spiro atoms. The number of anilines is 4. The highest BCUT2D eigenvalue weighted by molar-refractivity contribution is 6.06. The van der Waals surface area contributed by atoms with Crippen LogP contribution in [0.25, 0.3) is 0 Å². The number of rotatable bonds is 12. The zero-order chi connectivity index (χ0) is 30.6. The molecule has 4 amide bonds. The maximum atomic E-state index is 12.5. The second-order valence-corrected chi connectivity index (χ2v) is 9.88. The van der Waals surface area contributed by atoms with E-state index in [0.717, 1.165) is 11.1 Å². The lowest BCUT2D eigenvalue weighted by Gasteiger charge is -2.09. The average Bonchev–Trinajstić information content (AvgIpc) is 3.00. The van der Waals surface area contributed by atoms with E-state index in [1.54, 1.807) is 97.1 Å². The minimum absolute atomic E-state index is 0.153. The summed E-state index contributed by atoms with van der Waals surface area (Å²) in [4.78, 5) is 49.6. The van der Waals surface area contributed by atoms with Crippen molar-refractivity contribution in [2.24, 2.45) is 0 Å². The van der Waals surface area contributed by atoms with E-state index in [1.807, 2.05) is 0 Å². The van der Waals surface area contributed by atoms with Crippen LogP contribution in [0.3, 0.4) is 0 Å².